The molecule has 17 heavy (non-hydrogen) atoms. The van der Waals surface area contributed by atoms with Crippen molar-refractivity contribution in [1.82, 2.24) is 20.6 Å². The van der Waals surface area contributed by atoms with Crippen molar-refractivity contribution in [2.75, 3.05) is 25.5 Å². The van der Waals surface area contributed by atoms with Gasteiger partial charge in [0.2, 0.25) is 5.91 Å². The molecule has 1 aromatic heterocycles. The molecule has 0 aliphatic rings. The molecule has 7 heteroatoms. The molecule has 0 bridgehead atoms. The molecular formula is C10H15N5O2. The highest BCUT2D eigenvalue weighted by atomic mass is 16.2. The van der Waals surface area contributed by atoms with E-state index < -0.39 is 5.91 Å². The van der Waals surface area contributed by atoms with Gasteiger partial charge in [0.05, 0.1) is 18.9 Å². The first-order valence-corrected chi connectivity index (χ1v) is 5.22. The molecule has 0 saturated carbocycles. The van der Waals surface area contributed by atoms with E-state index in [-0.39, 0.29) is 18.1 Å². The Morgan fingerprint density at radius 3 is 2.59 bits per heavy atom. The molecule has 92 valence electrons. The van der Waals surface area contributed by atoms with Crippen LogP contribution in [0.2, 0.25) is 0 Å². The van der Waals surface area contributed by atoms with Crippen LogP contribution in [-0.2, 0) is 4.79 Å². The molecule has 1 rings (SSSR count). The molecule has 0 aromatic carbocycles. The van der Waals surface area contributed by atoms with Crippen molar-refractivity contribution in [1.29, 1.82) is 0 Å². The third-order valence-electron chi connectivity index (χ3n) is 1.93. The fourth-order valence-electron chi connectivity index (χ4n) is 1.06. The van der Waals surface area contributed by atoms with Gasteiger partial charge in [0.15, 0.2) is 0 Å². The minimum absolute atomic E-state index is 0.0774. The van der Waals surface area contributed by atoms with Gasteiger partial charge in [-0.1, -0.05) is 0 Å². The van der Waals surface area contributed by atoms with Gasteiger partial charge in [-0.25, -0.2) is 9.97 Å². The largest absolute Gasteiger partial charge is 0.369 e. The number of hydrogen-bond acceptors (Lipinski definition) is 5. The minimum Gasteiger partial charge on any atom is -0.369 e. The zero-order chi connectivity index (χ0) is 12.7. The van der Waals surface area contributed by atoms with Crippen LogP contribution in [0.1, 0.15) is 17.4 Å². The lowest BCUT2D eigenvalue weighted by Crippen LogP contribution is -2.35. The fourth-order valence-corrected chi connectivity index (χ4v) is 1.06. The molecule has 0 unspecified atom stereocenters. The van der Waals surface area contributed by atoms with Crippen molar-refractivity contribution in [3.63, 3.8) is 0 Å². The summed E-state index contributed by atoms with van der Waals surface area (Å²) in [4.78, 5) is 30.4. The molecule has 2 amide bonds. The second-order valence-corrected chi connectivity index (χ2v) is 3.17. The van der Waals surface area contributed by atoms with Crippen molar-refractivity contribution in [2.45, 2.75) is 6.92 Å². The van der Waals surface area contributed by atoms with Gasteiger partial charge >= 0.3 is 0 Å². The van der Waals surface area contributed by atoms with Gasteiger partial charge in [0.1, 0.15) is 11.5 Å². The number of amides is 2. The summed E-state index contributed by atoms with van der Waals surface area (Å²) < 4.78 is 0. The number of hydrogen-bond donors (Lipinski definition) is 3. The van der Waals surface area contributed by atoms with Gasteiger partial charge < -0.3 is 16.0 Å². The Morgan fingerprint density at radius 2 is 2.06 bits per heavy atom. The molecule has 0 aliphatic carbocycles. The summed E-state index contributed by atoms with van der Waals surface area (Å²) in [5.74, 6) is -0.0879. The molecule has 1 heterocycles. The highest BCUT2D eigenvalue weighted by molar-refractivity contribution is 5.94. The van der Waals surface area contributed by atoms with Crippen molar-refractivity contribution >= 4 is 17.6 Å². The van der Waals surface area contributed by atoms with Gasteiger partial charge in [-0.3, -0.25) is 9.59 Å². The lowest BCUT2D eigenvalue weighted by Gasteiger charge is -2.04. The van der Waals surface area contributed by atoms with Crippen LogP contribution in [0, 0.1) is 0 Å². The second kappa shape index (κ2) is 6.41. The summed E-state index contributed by atoms with van der Waals surface area (Å²) in [6, 6.07) is 0. The van der Waals surface area contributed by atoms with Crippen molar-refractivity contribution < 1.29 is 9.59 Å². The van der Waals surface area contributed by atoms with E-state index in [9.17, 15) is 9.59 Å². The quantitative estimate of drug-likeness (QED) is 0.634. The predicted octanol–water partition coefficient (Wildman–Crippen LogP) is -0.616. The summed E-state index contributed by atoms with van der Waals surface area (Å²) in [7, 11) is 1.50. The van der Waals surface area contributed by atoms with Crippen LogP contribution in [0.25, 0.3) is 0 Å². The Kier molecular flexibility index (Phi) is 4.86. The van der Waals surface area contributed by atoms with E-state index in [4.69, 9.17) is 0 Å². The van der Waals surface area contributed by atoms with Crippen molar-refractivity contribution in [2.24, 2.45) is 0 Å². The van der Waals surface area contributed by atoms with Gasteiger partial charge in [0, 0.05) is 13.6 Å². The van der Waals surface area contributed by atoms with Gasteiger partial charge in [-0.15, -0.1) is 0 Å². The lowest BCUT2D eigenvalue weighted by molar-refractivity contribution is -0.119. The van der Waals surface area contributed by atoms with E-state index in [1.807, 2.05) is 6.92 Å². The SMILES string of the molecule is CCNc1cnc(C(=O)NCC(=O)NC)cn1. The first kappa shape index (κ1) is 12.9. The van der Waals surface area contributed by atoms with Crippen molar-refractivity contribution in [3.05, 3.63) is 18.1 Å². The highest BCUT2D eigenvalue weighted by Crippen LogP contribution is 2.00. The molecule has 3 N–H and O–H groups in total. The molecular weight excluding hydrogens is 222 g/mol. The number of anilines is 1. The van der Waals surface area contributed by atoms with E-state index in [2.05, 4.69) is 25.9 Å². The number of aromatic nitrogens is 2. The number of nitrogens with zero attached hydrogens (tertiary/aromatic N) is 2. The lowest BCUT2D eigenvalue weighted by atomic mass is 10.4. The summed E-state index contributed by atoms with van der Waals surface area (Å²) in [6.45, 7) is 2.59. The maximum atomic E-state index is 11.5. The number of carbonyl (C=O) groups excluding carboxylic acids is 2. The molecule has 0 saturated heterocycles. The molecule has 0 aliphatic heterocycles. The molecule has 0 radical (unpaired) electrons. The Labute approximate surface area is 99.0 Å². The van der Waals surface area contributed by atoms with Gasteiger partial charge in [-0.2, -0.15) is 0 Å². The number of rotatable bonds is 5. The average Bonchev–Trinajstić information content (AvgIpc) is 2.36. The normalized spacial score (nSPS) is 9.53. The Bertz CT molecular complexity index is 390. The van der Waals surface area contributed by atoms with Crippen LogP contribution in [-0.4, -0.2) is 41.9 Å². The molecule has 0 fully saturated rings. The van der Waals surface area contributed by atoms with Crippen LogP contribution in [0.3, 0.4) is 0 Å². The van der Waals surface area contributed by atoms with Gasteiger partial charge in [0.25, 0.3) is 5.91 Å². The molecule has 0 atom stereocenters. The van der Waals surface area contributed by atoms with Crippen LogP contribution < -0.4 is 16.0 Å². The Morgan fingerprint density at radius 1 is 1.29 bits per heavy atom. The Balaban J connectivity index is 2.54. The molecule has 1 aromatic rings. The standard InChI is InChI=1S/C10H15N5O2/c1-3-12-8-5-13-7(4-14-8)10(17)15-6-9(16)11-2/h4-5H,3,6H2,1-2H3,(H,11,16)(H,12,14)(H,15,17). The van der Waals surface area contributed by atoms with Crippen LogP contribution in [0.5, 0.6) is 0 Å². The van der Waals surface area contributed by atoms with Gasteiger partial charge in [-0.05, 0) is 6.92 Å². The highest BCUT2D eigenvalue weighted by Gasteiger charge is 2.08. The second-order valence-electron chi connectivity index (χ2n) is 3.17. The first-order valence-electron chi connectivity index (χ1n) is 5.22. The fraction of sp³-hybridized carbons (Fsp3) is 0.400. The zero-order valence-corrected chi connectivity index (χ0v) is 9.78. The zero-order valence-electron chi connectivity index (χ0n) is 9.78. The van der Waals surface area contributed by atoms with E-state index in [1.54, 1.807) is 0 Å². The summed E-state index contributed by atoms with van der Waals surface area (Å²) >= 11 is 0. The third-order valence-corrected chi connectivity index (χ3v) is 1.93. The van der Waals surface area contributed by atoms with Crippen LogP contribution in [0.4, 0.5) is 5.82 Å². The topological polar surface area (TPSA) is 96.0 Å². The monoisotopic (exact) mass is 237 g/mol. The molecule has 7 nitrogen and oxygen atoms in total. The predicted molar refractivity (Wildman–Crippen MR) is 62.6 cm³/mol. The summed E-state index contributed by atoms with van der Waals surface area (Å²) in [6.07, 6.45) is 2.83. The smallest absolute Gasteiger partial charge is 0.271 e. The maximum absolute atomic E-state index is 11.5. The summed E-state index contributed by atoms with van der Waals surface area (Å²) in [5.41, 5.74) is 0.176. The van der Waals surface area contributed by atoms with Crippen LogP contribution in [0.15, 0.2) is 12.4 Å². The summed E-state index contributed by atoms with van der Waals surface area (Å²) in [5, 5.41) is 7.79. The Hall–Kier alpha value is -2.18. The molecule has 0 spiro atoms. The van der Waals surface area contributed by atoms with E-state index in [0.29, 0.717) is 5.82 Å². The minimum atomic E-state index is -0.427. The number of carbonyl (C=O) groups is 2. The van der Waals surface area contributed by atoms with E-state index >= 15 is 0 Å². The first-order chi connectivity index (χ1) is 8.17. The average molecular weight is 237 g/mol. The number of likely N-dealkylation sites (N-methyl/N-ethyl adjacent to an activating group) is 1. The maximum Gasteiger partial charge on any atom is 0.271 e. The van der Waals surface area contributed by atoms with E-state index in [0.717, 1.165) is 6.54 Å². The third kappa shape index (κ3) is 4.06. The van der Waals surface area contributed by atoms with Crippen molar-refractivity contribution in [3.8, 4) is 0 Å². The van der Waals surface area contributed by atoms with E-state index in [1.165, 1.54) is 19.4 Å². The van der Waals surface area contributed by atoms with Crippen LogP contribution >= 0.6 is 0 Å². The number of nitrogens with one attached hydrogen (secondary N) is 3.